The zero-order chi connectivity index (χ0) is 14.4. The van der Waals surface area contributed by atoms with Gasteiger partial charge in [-0.25, -0.2) is 0 Å². The predicted molar refractivity (Wildman–Crippen MR) is 82.8 cm³/mol. The number of hydrogen-bond donors (Lipinski definition) is 1. The van der Waals surface area contributed by atoms with Crippen LogP contribution in [0.4, 0.5) is 5.69 Å². The van der Waals surface area contributed by atoms with Crippen LogP contribution in [0.15, 0.2) is 48.5 Å². The number of rotatable bonds is 6. The van der Waals surface area contributed by atoms with E-state index in [1.807, 2.05) is 42.5 Å². The van der Waals surface area contributed by atoms with E-state index >= 15 is 0 Å². The highest BCUT2D eigenvalue weighted by molar-refractivity contribution is 5.48. The van der Waals surface area contributed by atoms with Crippen molar-refractivity contribution in [2.24, 2.45) is 0 Å². The van der Waals surface area contributed by atoms with Crippen molar-refractivity contribution in [2.45, 2.75) is 20.0 Å². The van der Waals surface area contributed by atoms with Crippen LogP contribution in [0.5, 0.6) is 11.5 Å². The number of methoxy groups -OCH3 is 1. The highest BCUT2D eigenvalue weighted by Gasteiger charge is 2.04. The van der Waals surface area contributed by atoms with Crippen LogP contribution in [-0.2, 0) is 0 Å². The summed E-state index contributed by atoms with van der Waals surface area (Å²) in [7, 11) is 1.67. The lowest BCUT2D eigenvalue weighted by molar-refractivity contribution is 0.234. The van der Waals surface area contributed by atoms with Gasteiger partial charge in [-0.1, -0.05) is 18.2 Å². The maximum Gasteiger partial charge on any atom is 0.120 e. The summed E-state index contributed by atoms with van der Waals surface area (Å²) in [6.07, 6.45) is 0.0861. The maximum atomic E-state index is 5.88. The van der Waals surface area contributed by atoms with Crippen LogP contribution < -0.4 is 14.8 Å². The average Bonchev–Trinajstić information content (AvgIpc) is 2.45. The average molecular weight is 271 g/mol. The molecule has 1 atom stereocenters. The Bertz CT molecular complexity index is 554. The van der Waals surface area contributed by atoms with Crippen LogP contribution in [0.2, 0.25) is 0 Å². The summed E-state index contributed by atoms with van der Waals surface area (Å²) in [5.74, 6) is 1.76. The summed E-state index contributed by atoms with van der Waals surface area (Å²) in [6, 6.07) is 16.0. The molecule has 0 bridgehead atoms. The van der Waals surface area contributed by atoms with Crippen LogP contribution in [0.25, 0.3) is 0 Å². The summed E-state index contributed by atoms with van der Waals surface area (Å²) in [6.45, 7) is 4.85. The molecule has 2 rings (SSSR count). The molecule has 0 aliphatic heterocycles. The summed E-state index contributed by atoms with van der Waals surface area (Å²) in [5.41, 5.74) is 2.24. The zero-order valence-electron chi connectivity index (χ0n) is 12.2. The Kier molecular flexibility index (Phi) is 4.88. The van der Waals surface area contributed by atoms with Gasteiger partial charge in [0.05, 0.1) is 13.7 Å². The summed E-state index contributed by atoms with van der Waals surface area (Å²) >= 11 is 0. The zero-order valence-corrected chi connectivity index (χ0v) is 12.2. The number of nitrogens with one attached hydrogen (secondary N) is 1. The lowest BCUT2D eigenvalue weighted by Crippen LogP contribution is -2.22. The molecule has 0 saturated carbocycles. The second-order valence-corrected chi connectivity index (χ2v) is 4.86. The first-order valence-electron chi connectivity index (χ1n) is 6.78. The van der Waals surface area contributed by atoms with Gasteiger partial charge < -0.3 is 14.8 Å². The van der Waals surface area contributed by atoms with E-state index in [4.69, 9.17) is 9.47 Å². The third-order valence-corrected chi connectivity index (χ3v) is 2.99. The van der Waals surface area contributed by atoms with Gasteiger partial charge in [0, 0.05) is 11.8 Å². The molecule has 3 heteroatoms. The molecule has 106 valence electrons. The molecule has 0 heterocycles. The molecule has 0 spiro atoms. The third-order valence-electron chi connectivity index (χ3n) is 2.99. The molecule has 0 saturated heterocycles. The second-order valence-electron chi connectivity index (χ2n) is 4.86. The van der Waals surface area contributed by atoms with Gasteiger partial charge in [0.15, 0.2) is 0 Å². The Morgan fingerprint density at radius 2 is 1.80 bits per heavy atom. The van der Waals surface area contributed by atoms with Crippen molar-refractivity contribution in [1.29, 1.82) is 0 Å². The van der Waals surface area contributed by atoms with E-state index in [-0.39, 0.29) is 6.10 Å². The fourth-order valence-electron chi connectivity index (χ4n) is 1.96. The Morgan fingerprint density at radius 1 is 1.05 bits per heavy atom. The van der Waals surface area contributed by atoms with Gasteiger partial charge in [-0.15, -0.1) is 0 Å². The van der Waals surface area contributed by atoms with E-state index in [0.717, 1.165) is 23.7 Å². The molecule has 20 heavy (non-hydrogen) atoms. The maximum absolute atomic E-state index is 5.88. The molecule has 0 fully saturated rings. The van der Waals surface area contributed by atoms with Gasteiger partial charge >= 0.3 is 0 Å². The van der Waals surface area contributed by atoms with Crippen molar-refractivity contribution in [2.75, 3.05) is 19.0 Å². The number of anilines is 1. The fourth-order valence-corrected chi connectivity index (χ4v) is 1.96. The minimum atomic E-state index is 0.0861. The Hall–Kier alpha value is -2.16. The van der Waals surface area contributed by atoms with E-state index in [9.17, 15) is 0 Å². The van der Waals surface area contributed by atoms with E-state index in [1.54, 1.807) is 7.11 Å². The molecule has 2 aromatic carbocycles. The summed E-state index contributed by atoms with van der Waals surface area (Å²) < 4.78 is 11.1. The predicted octanol–water partition coefficient (Wildman–Crippen LogP) is 3.88. The molecule has 0 amide bonds. The van der Waals surface area contributed by atoms with Gasteiger partial charge in [-0.2, -0.15) is 0 Å². The molecule has 0 aliphatic rings. The standard InChI is InChI=1S/C17H21NO2/c1-13-6-4-9-17(10-13)20-14(2)12-18-15-7-5-8-16(11-15)19-3/h4-11,14,18H,12H2,1-3H3. The Balaban J connectivity index is 1.87. The smallest absolute Gasteiger partial charge is 0.120 e. The lowest BCUT2D eigenvalue weighted by Gasteiger charge is -2.16. The van der Waals surface area contributed by atoms with Crippen LogP contribution in [-0.4, -0.2) is 19.8 Å². The molecule has 0 aliphatic carbocycles. The largest absolute Gasteiger partial charge is 0.497 e. The molecular formula is C17H21NO2. The van der Waals surface area contributed by atoms with Gasteiger partial charge in [0.1, 0.15) is 17.6 Å². The number of hydrogen-bond acceptors (Lipinski definition) is 3. The number of benzene rings is 2. The van der Waals surface area contributed by atoms with E-state index in [0.29, 0.717) is 0 Å². The van der Waals surface area contributed by atoms with E-state index in [1.165, 1.54) is 5.56 Å². The highest BCUT2D eigenvalue weighted by atomic mass is 16.5. The van der Waals surface area contributed by atoms with Crippen molar-refractivity contribution in [3.8, 4) is 11.5 Å². The van der Waals surface area contributed by atoms with Crippen molar-refractivity contribution < 1.29 is 9.47 Å². The lowest BCUT2D eigenvalue weighted by atomic mass is 10.2. The first-order valence-corrected chi connectivity index (χ1v) is 6.78. The van der Waals surface area contributed by atoms with E-state index in [2.05, 4.69) is 25.2 Å². The fraction of sp³-hybridized carbons (Fsp3) is 0.294. The number of ether oxygens (including phenoxy) is 2. The highest BCUT2D eigenvalue weighted by Crippen LogP contribution is 2.17. The van der Waals surface area contributed by atoms with Crippen molar-refractivity contribution >= 4 is 5.69 Å². The van der Waals surface area contributed by atoms with Gasteiger partial charge in [0.25, 0.3) is 0 Å². The van der Waals surface area contributed by atoms with Gasteiger partial charge in [0.2, 0.25) is 0 Å². The monoisotopic (exact) mass is 271 g/mol. The normalized spacial score (nSPS) is 11.8. The quantitative estimate of drug-likeness (QED) is 0.864. The van der Waals surface area contributed by atoms with Crippen molar-refractivity contribution in [1.82, 2.24) is 0 Å². The van der Waals surface area contributed by atoms with Crippen LogP contribution in [0.1, 0.15) is 12.5 Å². The molecular weight excluding hydrogens is 250 g/mol. The molecule has 0 radical (unpaired) electrons. The minimum absolute atomic E-state index is 0.0861. The van der Waals surface area contributed by atoms with Crippen LogP contribution in [0, 0.1) is 6.92 Å². The Morgan fingerprint density at radius 3 is 2.55 bits per heavy atom. The van der Waals surface area contributed by atoms with Crippen molar-refractivity contribution in [3.05, 3.63) is 54.1 Å². The van der Waals surface area contributed by atoms with Crippen molar-refractivity contribution in [3.63, 3.8) is 0 Å². The second kappa shape index (κ2) is 6.85. The Labute approximate surface area is 120 Å². The molecule has 1 N–H and O–H groups in total. The molecule has 1 unspecified atom stereocenters. The SMILES string of the molecule is COc1cccc(NCC(C)Oc2cccc(C)c2)c1. The van der Waals surface area contributed by atoms with Crippen LogP contribution >= 0.6 is 0 Å². The molecule has 2 aromatic rings. The van der Waals surface area contributed by atoms with Gasteiger partial charge in [-0.05, 0) is 43.7 Å². The van der Waals surface area contributed by atoms with Gasteiger partial charge in [-0.3, -0.25) is 0 Å². The summed E-state index contributed by atoms with van der Waals surface area (Å²) in [5, 5.41) is 3.35. The molecule has 3 nitrogen and oxygen atoms in total. The van der Waals surface area contributed by atoms with Crippen LogP contribution in [0.3, 0.4) is 0 Å². The van der Waals surface area contributed by atoms with E-state index < -0.39 is 0 Å². The molecule has 0 aromatic heterocycles. The number of aryl methyl sites for hydroxylation is 1. The third kappa shape index (κ3) is 4.19. The summed E-state index contributed by atoms with van der Waals surface area (Å²) in [4.78, 5) is 0. The minimum Gasteiger partial charge on any atom is -0.497 e. The topological polar surface area (TPSA) is 30.5 Å². The first-order chi connectivity index (χ1) is 9.67. The first kappa shape index (κ1) is 14.3.